The van der Waals surface area contributed by atoms with Crippen LogP contribution in [0.25, 0.3) is 22.3 Å². The van der Waals surface area contributed by atoms with Gasteiger partial charge in [-0.3, -0.25) is 4.79 Å². The highest BCUT2D eigenvalue weighted by molar-refractivity contribution is 5.79. The van der Waals surface area contributed by atoms with Gasteiger partial charge >= 0.3 is 0 Å². The van der Waals surface area contributed by atoms with E-state index in [9.17, 15) is 4.79 Å². The average molecular weight is 278 g/mol. The molecule has 0 atom stereocenters. The summed E-state index contributed by atoms with van der Waals surface area (Å²) in [4.78, 5) is 17.2. The molecule has 0 bridgehead atoms. The molecule has 0 N–H and O–H groups in total. The molecule has 3 heteroatoms. The van der Waals surface area contributed by atoms with Gasteiger partial charge in [-0.25, -0.2) is 4.98 Å². The molecule has 0 unspecified atom stereocenters. The third-order valence-corrected chi connectivity index (χ3v) is 4.02. The maximum Gasteiger partial charge on any atom is 0.277 e. The van der Waals surface area contributed by atoms with Crippen molar-refractivity contribution < 1.29 is 0 Å². The predicted octanol–water partition coefficient (Wildman–Crippen LogP) is 3.53. The van der Waals surface area contributed by atoms with E-state index in [1.807, 2.05) is 50.2 Å². The van der Waals surface area contributed by atoms with Crippen LogP contribution in [0.15, 0.2) is 41.2 Å². The molecular formula is C18H18N2O. The minimum absolute atomic E-state index is 0.0605. The molecule has 0 amide bonds. The summed E-state index contributed by atoms with van der Waals surface area (Å²) in [5.41, 5.74) is 6.56. The van der Waals surface area contributed by atoms with Crippen molar-refractivity contribution in [2.75, 3.05) is 0 Å². The van der Waals surface area contributed by atoms with E-state index >= 15 is 0 Å². The van der Waals surface area contributed by atoms with Crippen molar-refractivity contribution in [3.63, 3.8) is 0 Å². The van der Waals surface area contributed by atoms with Gasteiger partial charge in [0.2, 0.25) is 0 Å². The van der Waals surface area contributed by atoms with Gasteiger partial charge in [-0.2, -0.15) is 0 Å². The zero-order valence-electron chi connectivity index (χ0n) is 12.8. The number of nitrogens with zero attached hydrogens (tertiary/aromatic N) is 2. The standard InChI is InChI=1S/C18H18N2O/c1-11-5-7-14(8-6-11)17-18(21)20(4)16-10-13(3)12(2)9-15(16)19-17/h5-10H,1-4H3. The Morgan fingerprint density at radius 1 is 0.952 bits per heavy atom. The maximum atomic E-state index is 12.6. The van der Waals surface area contributed by atoms with E-state index in [1.54, 1.807) is 11.6 Å². The molecule has 0 saturated heterocycles. The molecule has 3 rings (SSSR count). The van der Waals surface area contributed by atoms with Crippen LogP contribution in [-0.4, -0.2) is 9.55 Å². The second kappa shape index (κ2) is 4.85. The molecule has 0 aliphatic heterocycles. The fourth-order valence-electron chi connectivity index (χ4n) is 2.48. The number of hydrogen-bond acceptors (Lipinski definition) is 2. The van der Waals surface area contributed by atoms with Crippen LogP contribution in [0.2, 0.25) is 0 Å². The quantitative estimate of drug-likeness (QED) is 0.682. The van der Waals surface area contributed by atoms with E-state index in [4.69, 9.17) is 0 Å². The van der Waals surface area contributed by atoms with Crippen LogP contribution in [0.3, 0.4) is 0 Å². The summed E-state index contributed by atoms with van der Waals surface area (Å²) in [5, 5.41) is 0. The number of aromatic nitrogens is 2. The summed E-state index contributed by atoms with van der Waals surface area (Å²) in [6, 6.07) is 12.0. The zero-order valence-corrected chi connectivity index (χ0v) is 12.8. The summed E-state index contributed by atoms with van der Waals surface area (Å²) >= 11 is 0. The molecule has 0 fully saturated rings. The molecule has 0 aliphatic carbocycles. The topological polar surface area (TPSA) is 34.9 Å². The van der Waals surface area contributed by atoms with Gasteiger partial charge in [0.25, 0.3) is 5.56 Å². The third-order valence-electron chi connectivity index (χ3n) is 4.02. The van der Waals surface area contributed by atoms with Gasteiger partial charge in [0.05, 0.1) is 11.0 Å². The van der Waals surface area contributed by atoms with Crippen LogP contribution in [0.4, 0.5) is 0 Å². The molecule has 21 heavy (non-hydrogen) atoms. The van der Waals surface area contributed by atoms with Crippen molar-refractivity contribution in [2.24, 2.45) is 7.05 Å². The maximum absolute atomic E-state index is 12.6. The normalized spacial score (nSPS) is 11.0. The second-order valence-corrected chi connectivity index (χ2v) is 5.62. The number of fused-ring (bicyclic) bond motifs is 1. The largest absolute Gasteiger partial charge is 0.308 e. The number of aryl methyl sites for hydroxylation is 4. The predicted molar refractivity (Wildman–Crippen MR) is 86.6 cm³/mol. The number of rotatable bonds is 1. The van der Waals surface area contributed by atoms with Gasteiger partial charge in [-0.1, -0.05) is 29.8 Å². The Bertz CT molecular complexity index is 890. The Morgan fingerprint density at radius 3 is 2.24 bits per heavy atom. The fourth-order valence-corrected chi connectivity index (χ4v) is 2.48. The second-order valence-electron chi connectivity index (χ2n) is 5.62. The molecule has 2 aromatic carbocycles. The van der Waals surface area contributed by atoms with E-state index in [2.05, 4.69) is 11.9 Å². The molecule has 3 nitrogen and oxygen atoms in total. The first-order valence-electron chi connectivity index (χ1n) is 7.02. The first kappa shape index (κ1) is 13.6. The van der Waals surface area contributed by atoms with Crippen LogP contribution in [0.1, 0.15) is 16.7 Å². The van der Waals surface area contributed by atoms with Gasteiger partial charge in [0, 0.05) is 12.6 Å². The molecule has 3 aromatic rings. The molecule has 0 spiro atoms. The summed E-state index contributed by atoms with van der Waals surface area (Å²) in [6.07, 6.45) is 0. The summed E-state index contributed by atoms with van der Waals surface area (Å²) < 4.78 is 1.68. The van der Waals surface area contributed by atoms with Crippen LogP contribution in [0.5, 0.6) is 0 Å². The highest BCUT2D eigenvalue weighted by Gasteiger charge is 2.11. The van der Waals surface area contributed by atoms with E-state index < -0.39 is 0 Å². The minimum Gasteiger partial charge on any atom is -0.308 e. The number of benzene rings is 2. The lowest BCUT2D eigenvalue weighted by atomic mass is 10.1. The highest BCUT2D eigenvalue weighted by Crippen LogP contribution is 2.20. The highest BCUT2D eigenvalue weighted by atomic mass is 16.1. The molecule has 0 saturated carbocycles. The monoisotopic (exact) mass is 278 g/mol. The van der Waals surface area contributed by atoms with Crippen molar-refractivity contribution in [3.05, 3.63) is 63.4 Å². The lowest BCUT2D eigenvalue weighted by Gasteiger charge is -2.10. The van der Waals surface area contributed by atoms with Crippen LogP contribution in [-0.2, 0) is 7.05 Å². The van der Waals surface area contributed by atoms with Gasteiger partial charge < -0.3 is 4.57 Å². The van der Waals surface area contributed by atoms with Crippen molar-refractivity contribution in [1.29, 1.82) is 0 Å². The first-order chi connectivity index (χ1) is 9.97. The van der Waals surface area contributed by atoms with Gasteiger partial charge in [0.1, 0.15) is 5.69 Å². The SMILES string of the molecule is Cc1ccc(-c2nc3cc(C)c(C)cc3n(C)c2=O)cc1. The van der Waals surface area contributed by atoms with Crippen LogP contribution < -0.4 is 5.56 Å². The summed E-state index contributed by atoms with van der Waals surface area (Å²) in [7, 11) is 1.80. The fraction of sp³-hybridized carbons (Fsp3) is 0.222. The van der Waals surface area contributed by atoms with Gasteiger partial charge in [-0.05, 0) is 44.0 Å². The first-order valence-corrected chi connectivity index (χ1v) is 7.02. The Hall–Kier alpha value is -2.42. The number of hydrogen-bond donors (Lipinski definition) is 0. The lowest BCUT2D eigenvalue weighted by molar-refractivity contribution is 0.894. The summed E-state index contributed by atoms with van der Waals surface area (Å²) in [6.45, 7) is 6.14. The molecule has 1 heterocycles. The van der Waals surface area contributed by atoms with Crippen molar-refractivity contribution in [1.82, 2.24) is 9.55 Å². The average Bonchev–Trinajstić information content (AvgIpc) is 2.46. The van der Waals surface area contributed by atoms with Gasteiger partial charge in [0.15, 0.2) is 0 Å². The molecular weight excluding hydrogens is 260 g/mol. The smallest absolute Gasteiger partial charge is 0.277 e. The Kier molecular flexibility index (Phi) is 3.13. The third kappa shape index (κ3) is 2.25. The lowest BCUT2D eigenvalue weighted by Crippen LogP contribution is -2.21. The Labute approximate surface area is 123 Å². The Morgan fingerprint density at radius 2 is 1.57 bits per heavy atom. The van der Waals surface area contributed by atoms with Crippen LogP contribution >= 0.6 is 0 Å². The van der Waals surface area contributed by atoms with Crippen LogP contribution in [0, 0.1) is 20.8 Å². The van der Waals surface area contributed by atoms with Crippen molar-refractivity contribution in [2.45, 2.75) is 20.8 Å². The molecule has 0 radical (unpaired) electrons. The molecule has 106 valence electrons. The van der Waals surface area contributed by atoms with Crippen molar-refractivity contribution in [3.8, 4) is 11.3 Å². The summed E-state index contributed by atoms with van der Waals surface area (Å²) in [5.74, 6) is 0. The van der Waals surface area contributed by atoms with Gasteiger partial charge in [-0.15, -0.1) is 0 Å². The minimum atomic E-state index is -0.0605. The van der Waals surface area contributed by atoms with Crippen molar-refractivity contribution >= 4 is 11.0 Å². The van der Waals surface area contributed by atoms with E-state index in [0.29, 0.717) is 5.69 Å². The van der Waals surface area contributed by atoms with E-state index in [-0.39, 0.29) is 5.56 Å². The molecule has 0 aliphatic rings. The van der Waals surface area contributed by atoms with E-state index in [1.165, 1.54) is 16.7 Å². The van der Waals surface area contributed by atoms with E-state index in [0.717, 1.165) is 16.6 Å². The molecule has 1 aromatic heterocycles. The Balaban J connectivity index is 2.34. The zero-order chi connectivity index (χ0) is 15.1.